The average Bonchev–Trinajstić information content (AvgIpc) is 2.65. The first-order valence-electron chi connectivity index (χ1n) is 8.60. The number of hydrogen-bond acceptors (Lipinski definition) is 3. The summed E-state index contributed by atoms with van der Waals surface area (Å²) in [7, 11) is 0. The quantitative estimate of drug-likeness (QED) is 0.846. The Balaban J connectivity index is 1.99. The van der Waals surface area contributed by atoms with Gasteiger partial charge in [0.15, 0.2) is 0 Å². The summed E-state index contributed by atoms with van der Waals surface area (Å²) in [5, 5.41) is 10.3. The van der Waals surface area contributed by atoms with Crippen LogP contribution in [0.2, 0.25) is 0 Å². The Morgan fingerprint density at radius 3 is 1.96 bits per heavy atom. The highest BCUT2D eigenvalue weighted by Crippen LogP contribution is 2.39. The lowest BCUT2D eigenvalue weighted by Crippen LogP contribution is -2.45. The van der Waals surface area contributed by atoms with Crippen molar-refractivity contribution in [1.29, 1.82) is 5.26 Å². The molecule has 2 aromatic carbocycles. The van der Waals surface area contributed by atoms with Crippen LogP contribution >= 0.6 is 0 Å². The van der Waals surface area contributed by atoms with Crippen LogP contribution in [0.4, 0.5) is 0 Å². The Kier molecular flexibility index (Phi) is 5.30. The van der Waals surface area contributed by atoms with Crippen molar-refractivity contribution in [1.82, 2.24) is 4.90 Å². The number of ether oxygens (including phenoxy) is 1. The Morgan fingerprint density at radius 2 is 1.50 bits per heavy atom. The van der Waals surface area contributed by atoms with Gasteiger partial charge in [-0.1, -0.05) is 67.6 Å². The topological polar surface area (TPSA) is 36.3 Å². The highest BCUT2D eigenvalue weighted by atomic mass is 16.5. The molecule has 124 valence electrons. The van der Waals surface area contributed by atoms with Gasteiger partial charge in [-0.2, -0.15) is 5.26 Å². The Labute approximate surface area is 144 Å². The lowest BCUT2D eigenvalue weighted by molar-refractivity contribution is 0.0289. The maximum atomic E-state index is 10.3. The lowest BCUT2D eigenvalue weighted by Gasteiger charge is -2.38. The first-order chi connectivity index (χ1) is 11.8. The van der Waals surface area contributed by atoms with Gasteiger partial charge in [-0.25, -0.2) is 0 Å². The number of benzene rings is 2. The molecule has 0 aliphatic carbocycles. The van der Waals surface area contributed by atoms with Gasteiger partial charge in [-0.3, -0.25) is 4.90 Å². The van der Waals surface area contributed by atoms with Crippen LogP contribution in [0.25, 0.3) is 0 Å². The molecule has 0 bridgehead atoms. The SMILES string of the molecule is C[C@@H](CN1CCOCC1)C(C#N)(c1ccccc1)c1ccccc1. The molecular weight excluding hydrogens is 296 g/mol. The van der Waals surface area contributed by atoms with Crippen LogP contribution in [0.1, 0.15) is 18.1 Å². The average molecular weight is 320 g/mol. The molecule has 3 rings (SSSR count). The normalized spacial score (nSPS) is 17.2. The fraction of sp³-hybridized carbons (Fsp3) is 0.381. The zero-order valence-electron chi connectivity index (χ0n) is 14.2. The first kappa shape index (κ1) is 16.7. The summed E-state index contributed by atoms with van der Waals surface area (Å²) in [4.78, 5) is 2.41. The monoisotopic (exact) mass is 320 g/mol. The van der Waals surface area contributed by atoms with Gasteiger partial charge in [0.1, 0.15) is 5.41 Å². The third-order valence-electron chi connectivity index (χ3n) is 5.01. The van der Waals surface area contributed by atoms with Gasteiger partial charge in [0.2, 0.25) is 0 Å². The fourth-order valence-corrected chi connectivity index (χ4v) is 3.69. The van der Waals surface area contributed by atoms with Gasteiger partial charge < -0.3 is 4.74 Å². The van der Waals surface area contributed by atoms with Crippen molar-refractivity contribution in [2.45, 2.75) is 12.3 Å². The standard InChI is InChI=1S/C21H24N2O/c1-18(16-23-12-14-24-15-13-23)21(17-22,19-8-4-2-5-9-19)20-10-6-3-7-11-20/h2-11,18H,12-16H2,1H3/t18-/m0/s1. The zero-order chi connectivity index (χ0) is 16.8. The van der Waals surface area contributed by atoms with E-state index in [4.69, 9.17) is 4.74 Å². The van der Waals surface area contributed by atoms with Crippen molar-refractivity contribution >= 4 is 0 Å². The van der Waals surface area contributed by atoms with Crippen molar-refractivity contribution in [3.05, 3.63) is 71.8 Å². The van der Waals surface area contributed by atoms with Gasteiger partial charge in [-0.15, -0.1) is 0 Å². The molecule has 1 fully saturated rings. The van der Waals surface area contributed by atoms with E-state index >= 15 is 0 Å². The van der Waals surface area contributed by atoms with E-state index in [-0.39, 0.29) is 5.92 Å². The predicted octanol–water partition coefficient (Wildman–Crippen LogP) is 3.46. The molecule has 3 heteroatoms. The lowest BCUT2D eigenvalue weighted by atomic mass is 9.67. The van der Waals surface area contributed by atoms with Gasteiger partial charge in [0.25, 0.3) is 0 Å². The summed E-state index contributed by atoms with van der Waals surface area (Å²) < 4.78 is 5.46. The molecule has 1 aliphatic rings. The first-order valence-corrected chi connectivity index (χ1v) is 8.60. The van der Waals surface area contributed by atoms with Gasteiger partial charge in [0, 0.05) is 19.6 Å². The maximum absolute atomic E-state index is 10.3. The molecule has 1 aliphatic heterocycles. The van der Waals surface area contributed by atoms with Crippen LogP contribution < -0.4 is 0 Å². The number of nitriles is 1. The molecule has 0 saturated carbocycles. The summed E-state index contributed by atoms with van der Waals surface area (Å²) in [5.74, 6) is 0.172. The summed E-state index contributed by atoms with van der Waals surface area (Å²) in [6, 6.07) is 23.1. The fourth-order valence-electron chi connectivity index (χ4n) is 3.69. The highest BCUT2D eigenvalue weighted by Gasteiger charge is 2.40. The second kappa shape index (κ2) is 7.61. The number of morpholine rings is 1. The Hall–Kier alpha value is -2.15. The molecule has 0 N–H and O–H groups in total. The van der Waals surface area contributed by atoms with Gasteiger partial charge >= 0.3 is 0 Å². The van der Waals surface area contributed by atoms with Crippen LogP contribution in [0.15, 0.2) is 60.7 Å². The third-order valence-corrected chi connectivity index (χ3v) is 5.01. The Bertz CT molecular complexity index is 632. The van der Waals surface area contributed by atoms with Crippen LogP contribution in [0.3, 0.4) is 0 Å². The van der Waals surface area contributed by atoms with E-state index in [1.807, 2.05) is 36.4 Å². The van der Waals surface area contributed by atoms with E-state index < -0.39 is 5.41 Å². The van der Waals surface area contributed by atoms with Crippen molar-refractivity contribution in [2.24, 2.45) is 5.92 Å². The van der Waals surface area contributed by atoms with Crippen molar-refractivity contribution in [3.63, 3.8) is 0 Å². The van der Waals surface area contributed by atoms with Crippen LogP contribution in [0.5, 0.6) is 0 Å². The minimum absolute atomic E-state index is 0.172. The van der Waals surface area contributed by atoms with Crippen molar-refractivity contribution in [3.8, 4) is 6.07 Å². The van der Waals surface area contributed by atoms with Crippen LogP contribution in [0, 0.1) is 17.2 Å². The van der Waals surface area contributed by atoms with Gasteiger partial charge in [0.05, 0.1) is 19.3 Å². The van der Waals surface area contributed by atoms with Crippen LogP contribution in [-0.2, 0) is 10.2 Å². The molecular formula is C21H24N2O. The number of hydrogen-bond donors (Lipinski definition) is 0. The van der Waals surface area contributed by atoms with E-state index in [9.17, 15) is 5.26 Å². The van der Waals surface area contributed by atoms with Crippen LogP contribution in [-0.4, -0.2) is 37.7 Å². The minimum atomic E-state index is -0.638. The minimum Gasteiger partial charge on any atom is -0.379 e. The molecule has 0 unspecified atom stereocenters. The zero-order valence-corrected chi connectivity index (χ0v) is 14.2. The van der Waals surface area contributed by atoms with E-state index in [0.717, 1.165) is 44.0 Å². The smallest absolute Gasteiger partial charge is 0.111 e. The molecule has 3 nitrogen and oxygen atoms in total. The molecule has 2 aromatic rings. The summed E-state index contributed by atoms with van der Waals surface area (Å²) in [6.45, 7) is 6.52. The molecule has 1 saturated heterocycles. The summed E-state index contributed by atoms with van der Waals surface area (Å²) in [5.41, 5.74) is 1.50. The van der Waals surface area contributed by atoms with E-state index in [2.05, 4.69) is 42.2 Å². The van der Waals surface area contributed by atoms with Gasteiger partial charge in [-0.05, 0) is 17.0 Å². The molecule has 24 heavy (non-hydrogen) atoms. The molecule has 0 spiro atoms. The van der Waals surface area contributed by atoms with E-state index in [1.165, 1.54) is 0 Å². The maximum Gasteiger partial charge on any atom is 0.111 e. The molecule has 1 heterocycles. The molecule has 0 aromatic heterocycles. The molecule has 0 radical (unpaired) electrons. The van der Waals surface area contributed by atoms with E-state index in [0.29, 0.717) is 0 Å². The van der Waals surface area contributed by atoms with E-state index in [1.54, 1.807) is 0 Å². The third kappa shape index (κ3) is 3.21. The predicted molar refractivity (Wildman–Crippen MR) is 95.7 cm³/mol. The largest absolute Gasteiger partial charge is 0.379 e. The number of rotatable bonds is 5. The Morgan fingerprint density at radius 1 is 1.00 bits per heavy atom. The number of nitrogens with zero attached hydrogens (tertiary/aromatic N) is 2. The van der Waals surface area contributed by atoms with Crippen molar-refractivity contribution < 1.29 is 4.74 Å². The second-order valence-electron chi connectivity index (χ2n) is 6.47. The molecule has 0 amide bonds. The second-order valence-corrected chi connectivity index (χ2v) is 6.47. The summed E-state index contributed by atoms with van der Waals surface area (Å²) in [6.07, 6.45) is 0. The van der Waals surface area contributed by atoms with Crippen molar-refractivity contribution in [2.75, 3.05) is 32.8 Å². The summed E-state index contributed by atoms with van der Waals surface area (Å²) >= 11 is 0. The molecule has 1 atom stereocenters. The highest BCUT2D eigenvalue weighted by molar-refractivity contribution is 5.46.